The van der Waals surface area contributed by atoms with Crippen molar-refractivity contribution < 1.29 is 26.4 Å². The molecule has 0 saturated heterocycles. The van der Waals surface area contributed by atoms with Crippen molar-refractivity contribution in [2.75, 3.05) is 7.11 Å². The minimum Gasteiger partial charge on any atom is -0.466 e. The Morgan fingerprint density at radius 2 is 1.31 bits per heavy atom. The van der Waals surface area contributed by atoms with E-state index < -0.39 is 36.1 Å². The van der Waals surface area contributed by atoms with E-state index in [0.717, 1.165) is 7.11 Å². The molecule has 6 nitrogen and oxygen atoms in total. The van der Waals surface area contributed by atoms with Crippen LogP contribution in [0.15, 0.2) is 82.6 Å². The molecule has 0 amide bonds. The van der Waals surface area contributed by atoms with E-state index in [4.69, 9.17) is 4.74 Å². The monoisotopic (exact) mass is 436 g/mol. The van der Waals surface area contributed by atoms with E-state index in [1.165, 1.54) is 48.5 Å². The highest BCUT2D eigenvalue weighted by molar-refractivity contribution is 8.09. The van der Waals surface area contributed by atoms with Gasteiger partial charge in [-0.05, 0) is 30.7 Å². The number of rotatable bonds is 9. The first-order valence-corrected chi connectivity index (χ1v) is 12.1. The summed E-state index contributed by atoms with van der Waals surface area (Å²) in [4.78, 5) is 11.9. The van der Waals surface area contributed by atoms with E-state index in [1.54, 1.807) is 19.1 Å². The number of hydrogen-bond acceptors (Lipinski definition) is 6. The zero-order chi connectivity index (χ0) is 21.7. The number of ether oxygens (including phenoxy) is 1. The average Bonchev–Trinajstić information content (AvgIpc) is 2.73. The van der Waals surface area contributed by atoms with Crippen molar-refractivity contribution in [3.8, 4) is 0 Å². The molecule has 2 aromatic carbocycles. The minimum absolute atomic E-state index is 0.136. The maximum atomic E-state index is 13.5. The quantitative estimate of drug-likeness (QED) is 0.442. The Balaban J connectivity index is 2.78. The van der Waals surface area contributed by atoms with Crippen molar-refractivity contribution in [3.63, 3.8) is 0 Å². The van der Waals surface area contributed by atoms with Crippen LogP contribution in [0.2, 0.25) is 0 Å². The van der Waals surface area contributed by atoms with Crippen LogP contribution in [0.3, 0.4) is 0 Å². The summed E-state index contributed by atoms with van der Waals surface area (Å²) in [5, 5.41) is 0. The molecular weight excluding hydrogens is 412 g/mol. The van der Waals surface area contributed by atoms with Gasteiger partial charge in [-0.3, -0.25) is 0 Å². The van der Waals surface area contributed by atoms with Gasteiger partial charge in [0, 0.05) is 11.5 Å². The van der Waals surface area contributed by atoms with Gasteiger partial charge in [0.1, 0.15) is 0 Å². The van der Waals surface area contributed by atoms with E-state index in [2.05, 4.69) is 6.58 Å². The number of benzene rings is 2. The minimum atomic E-state index is -4.37. The van der Waals surface area contributed by atoms with Gasteiger partial charge in [0.05, 0.1) is 16.9 Å². The maximum Gasteiger partial charge on any atom is 0.333 e. The van der Waals surface area contributed by atoms with E-state index >= 15 is 0 Å². The van der Waals surface area contributed by atoms with Gasteiger partial charge < -0.3 is 4.74 Å². The molecule has 0 spiro atoms. The SMILES string of the molecule is C=C(C(=O)OC)C(CCC)C(S(=O)(=O)c1ccccc1)S(=O)(=O)c1ccccc1. The summed E-state index contributed by atoms with van der Waals surface area (Å²) in [5.41, 5.74) is -0.182. The number of hydrogen-bond donors (Lipinski definition) is 0. The number of carbonyl (C=O) groups excluding carboxylic acids is 1. The number of sulfone groups is 2. The molecule has 29 heavy (non-hydrogen) atoms. The van der Waals surface area contributed by atoms with E-state index in [1.807, 2.05) is 0 Å². The third kappa shape index (κ3) is 4.76. The average molecular weight is 437 g/mol. The van der Waals surface area contributed by atoms with Crippen molar-refractivity contribution in [2.45, 2.75) is 34.1 Å². The Morgan fingerprint density at radius 3 is 1.66 bits per heavy atom. The number of methoxy groups -OCH3 is 1. The first-order valence-electron chi connectivity index (χ1n) is 9.03. The molecule has 0 radical (unpaired) electrons. The molecule has 0 aliphatic heterocycles. The summed E-state index contributed by atoms with van der Waals surface area (Å²) < 4.78 is 56.8. The van der Waals surface area contributed by atoms with Crippen LogP contribution in [0, 0.1) is 5.92 Å². The van der Waals surface area contributed by atoms with Crippen LogP contribution >= 0.6 is 0 Å². The molecule has 8 heteroatoms. The topological polar surface area (TPSA) is 94.6 Å². The molecule has 0 aliphatic carbocycles. The lowest BCUT2D eigenvalue weighted by atomic mass is 9.97. The van der Waals surface area contributed by atoms with Crippen LogP contribution in [0.25, 0.3) is 0 Å². The highest BCUT2D eigenvalue weighted by Gasteiger charge is 2.47. The van der Waals surface area contributed by atoms with Crippen LogP contribution in [-0.4, -0.2) is 34.5 Å². The second-order valence-electron chi connectivity index (χ2n) is 6.50. The van der Waals surface area contributed by atoms with E-state index in [-0.39, 0.29) is 21.8 Å². The summed E-state index contributed by atoms with van der Waals surface area (Å²) in [5.74, 6) is -2.00. The van der Waals surface area contributed by atoms with Crippen LogP contribution in [0.5, 0.6) is 0 Å². The Bertz CT molecular complexity index is 989. The standard InChI is InChI=1S/C21H24O6S2/c1-4-11-19(16(2)20(22)27-3)21(28(23,24)17-12-7-5-8-13-17)29(25,26)18-14-9-6-10-15-18/h5-10,12-15,19,21H,2,4,11H2,1,3H3. The van der Waals surface area contributed by atoms with Crippen LogP contribution in [0.1, 0.15) is 19.8 Å². The molecule has 156 valence electrons. The van der Waals surface area contributed by atoms with Crippen molar-refractivity contribution >= 4 is 25.6 Å². The molecule has 2 aromatic rings. The molecule has 0 saturated carbocycles. The van der Waals surface area contributed by atoms with Gasteiger partial charge in [-0.1, -0.05) is 56.3 Å². The molecule has 0 aliphatic rings. The summed E-state index contributed by atoms with van der Waals surface area (Å²) in [6, 6.07) is 14.7. The molecule has 0 N–H and O–H groups in total. The Hall–Kier alpha value is -2.45. The second kappa shape index (κ2) is 9.37. The predicted octanol–water partition coefficient (Wildman–Crippen LogP) is 3.41. The summed E-state index contributed by atoms with van der Waals surface area (Å²) in [6.07, 6.45) is 0.586. The van der Waals surface area contributed by atoms with E-state index in [9.17, 15) is 21.6 Å². The molecule has 1 unspecified atom stereocenters. The molecule has 2 rings (SSSR count). The first-order chi connectivity index (χ1) is 13.7. The summed E-state index contributed by atoms with van der Waals surface area (Å²) in [6.45, 7) is 5.45. The fourth-order valence-corrected chi connectivity index (χ4v) is 8.23. The fraction of sp³-hybridized carbons (Fsp3) is 0.286. The predicted molar refractivity (Wildman–Crippen MR) is 111 cm³/mol. The van der Waals surface area contributed by atoms with Gasteiger partial charge in [0.15, 0.2) is 24.3 Å². The van der Waals surface area contributed by atoms with Crippen LogP contribution in [0.4, 0.5) is 0 Å². The third-order valence-corrected chi connectivity index (χ3v) is 9.84. The van der Waals surface area contributed by atoms with Gasteiger partial charge in [-0.15, -0.1) is 0 Å². The normalized spacial score (nSPS) is 13.1. The molecule has 0 bridgehead atoms. The molecule has 0 aromatic heterocycles. The Kier molecular flexibility index (Phi) is 7.37. The lowest BCUT2D eigenvalue weighted by Gasteiger charge is -2.27. The second-order valence-corrected chi connectivity index (χ2v) is 10.9. The molecule has 1 atom stereocenters. The van der Waals surface area contributed by atoms with Gasteiger partial charge in [-0.2, -0.15) is 0 Å². The Morgan fingerprint density at radius 1 is 0.897 bits per heavy atom. The lowest BCUT2D eigenvalue weighted by molar-refractivity contribution is -0.136. The zero-order valence-electron chi connectivity index (χ0n) is 16.3. The first kappa shape index (κ1) is 22.8. The van der Waals surface area contributed by atoms with Crippen molar-refractivity contribution in [2.24, 2.45) is 5.92 Å². The molecular formula is C21H24O6S2. The van der Waals surface area contributed by atoms with Gasteiger partial charge in [0.25, 0.3) is 0 Å². The lowest BCUT2D eigenvalue weighted by Crippen LogP contribution is -2.40. The van der Waals surface area contributed by atoms with Crippen molar-refractivity contribution in [1.82, 2.24) is 0 Å². The van der Waals surface area contributed by atoms with Crippen LogP contribution < -0.4 is 0 Å². The maximum absolute atomic E-state index is 13.5. The molecule has 0 fully saturated rings. The van der Waals surface area contributed by atoms with Gasteiger partial charge in [-0.25, -0.2) is 21.6 Å². The van der Waals surface area contributed by atoms with Crippen molar-refractivity contribution in [1.29, 1.82) is 0 Å². The smallest absolute Gasteiger partial charge is 0.333 e. The van der Waals surface area contributed by atoms with Crippen LogP contribution in [-0.2, 0) is 29.2 Å². The van der Waals surface area contributed by atoms with Gasteiger partial charge >= 0.3 is 5.97 Å². The van der Waals surface area contributed by atoms with Crippen molar-refractivity contribution in [3.05, 3.63) is 72.8 Å². The summed E-state index contributed by atoms with van der Waals surface area (Å²) >= 11 is 0. The number of carbonyl (C=O) groups is 1. The highest BCUT2D eigenvalue weighted by atomic mass is 32.3. The third-order valence-electron chi connectivity index (χ3n) is 4.58. The fourth-order valence-electron chi connectivity index (χ4n) is 3.16. The zero-order valence-corrected chi connectivity index (χ0v) is 17.9. The summed E-state index contributed by atoms with van der Waals surface area (Å²) in [7, 11) is -7.60. The Labute approximate surface area is 172 Å². The largest absolute Gasteiger partial charge is 0.466 e. The highest BCUT2D eigenvalue weighted by Crippen LogP contribution is 2.36. The van der Waals surface area contributed by atoms with Gasteiger partial charge in [0.2, 0.25) is 0 Å². The number of esters is 1. The molecule has 0 heterocycles. The van der Waals surface area contributed by atoms with E-state index in [0.29, 0.717) is 6.42 Å².